The lowest BCUT2D eigenvalue weighted by molar-refractivity contribution is -0.139. The first-order valence-corrected chi connectivity index (χ1v) is 12.7. The average Bonchev–Trinajstić information content (AvgIpc) is 3.20. The lowest BCUT2D eigenvalue weighted by Gasteiger charge is -2.28. The smallest absolute Gasteiger partial charge is 0.338 e. The number of nitrogens with one attached hydrogen (secondary N) is 1. The van der Waals surface area contributed by atoms with Gasteiger partial charge in [0.05, 0.1) is 25.4 Å². The molecule has 0 aliphatic carbocycles. The highest BCUT2D eigenvalue weighted by Gasteiger charge is 2.35. The molecule has 9 heteroatoms. The number of anilines is 1. The SMILES string of the molecule is CCCCOc1ccc(C2C(C(=O)OCC)=C(C)Nc3nc(SCCC)nn32)cc1OCC. The third kappa shape index (κ3) is 5.82. The van der Waals surface area contributed by atoms with E-state index in [1.54, 1.807) is 23.4 Å². The van der Waals surface area contributed by atoms with Crippen molar-refractivity contribution < 1.29 is 19.0 Å². The van der Waals surface area contributed by atoms with Gasteiger partial charge >= 0.3 is 5.97 Å². The lowest BCUT2D eigenvalue weighted by Crippen LogP contribution is -2.29. The van der Waals surface area contributed by atoms with E-state index in [1.165, 1.54) is 0 Å². The minimum Gasteiger partial charge on any atom is -0.490 e. The average molecular weight is 475 g/mol. The summed E-state index contributed by atoms with van der Waals surface area (Å²) in [4.78, 5) is 17.6. The summed E-state index contributed by atoms with van der Waals surface area (Å²) >= 11 is 1.59. The van der Waals surface area contributed by atoms with E-state index in [0.717, 1.165) is 30.6 Å². The van der Waals surface area contributed by atoms with Crippen molar-refractivity contribution in [3.8, 4) is 11.5 Å². The molecule has 2 aromatic rings. The number of carbonyl (C=O) groups is 1. The highest BCUT2D eigenvalue weighted by molar-refractivity contribution is 7.99. The Morgan fingerprint density at radius 3 is 2.64 bits per heavy atom. The van der Waals surface area contributed by atoms with Crippen molar-refractivity contribution in [2.45, 2.75) is 65.1 Å². The summed E-state index contributed by atoms with van der Waals surface area (Å²) in [7, 11) is 0. The van der Waals surface area contributed by atoms with Gasteiger partial charge in [0.25, 0.3) is 0 Å². The van der Waals surface area contributed by atoms with Crippen LogP contribution in [0.15, 0.2) is 34.6 Å². The molecule has 0 radical (unpaired) electrons. The Balaban J connectivity index is 2.07. The normalized spacial score (nSPS) is 15.1. The van der Waals surface area contributed by atoms with Crippen LogP contribution in [0.25, 0.3) is 0 Å². The van der Waals surface area contributed by atoms with Gasteiger partial charge in [-0.05, 0) is 51.3 Å². The molecule has 0 fully saturated rings. The summed E-state index contributed by atoms with van der Waals surface area (Å²) in [6, 6.07) is 5.29. The van der Waals surface area contributed by atoms with Gasteiger partial charge in [-0.2, -0.15) is 4.98 Å². The Morgan fingerprint density at radius 2 is 1.94 bits per heavy atom. The van der Waals surface area contributed by atoms with Gasteiger partial charge in [0.1, 0.15) is 6.04 Å². The fourth-order valence-electron chi connectivity index (χ4n) is 3.58. The molecule has 33 heavy (non-hydrogen) atoms. The van der Waals surface area contributed by atoms with Crippen molar-refractivity contribution in [3.63, 3.8) is 0 Å². The number of hydrogen-bond donors (Lipinski definition) is 1. The molecular weight excluding hydrogens is 440 g/mol. The number of carbonyl (C=O) groups excluding carboxylic acids is 1. The van der Waals surface area contributed by atoms with E-state index in [2.05, 4.69) is 24.1 Å². The van der Waals surface area contributed by atoms with Gasteiger partial charge in [-0.25, -0.2) is 9.48 Å². The summed E-state index contributed by atoms with van der Waals surface area (Å²) in [6.07, 6.45) is 3.04. The molecule has 0 amide bonds. The monoisotopic (exact) mass is 474 g/mol. The second-order valence-corrected chi connectivity index (χ2v) is 8.70. The molecule has 0 saturated carbocycles. The van der Waals surface area contributed by atoms with E-state index >= 15 is 0 Å². The number of rotatable bonds is 12. The van der Waals surface area contributed by atoms with E-state index in [-0.39, 0.29) is 5.97 Å². The summed E-state index contributed by atoms with van der Waals surface area (Å²) in [5.41, 5.74) is 2.05. The molecule has 1 aromatic heterocycles. The zero-order chi connectivity index (χ0) is 23.8. The third-order valence-corrected chi connectivity index (χ3v) is 6.15. The Labute approximate surface area is 200 Å². The van der Waals surface area contributed by atoms with Crippen LogP contribution in [0.2, 0.25) is 0 Å². The van der Waals surface area contributed by atoms with Crippen LogP contribution in [-0.4, -0.2) is 46.3 Å². The summed E-state index contributed by atoms with van der Waals surface area (Å²) in [6.45, 7) is 11.3. The Hall–Kier alpha value is -2.68. The molecule has 1 aliphatic rings. The number of ether oxygens (including phenoxy) is 3. The number of nitrogens with zero attached hydrogens (tertiary/aromatic N) is 3. The number of hydrogen-bond acceptors (Lipinski definition) is 8. The first-order chi connectivity index (χ1) is 16.0. The maximum absolute atomic E-state index is 13.0. The molecule has 1 unspecified atom stereocenters. The Morgan fingerprint density at radius 1 is 1.12 bits per heavy atom. The van der Waals surface area contributed by atoms with Crippen LogP contribution in [0.3, 0.4) is 0 Å². The maximum atomic E-state index is 13.0. The van der Waals surface area contributed by atoms with Gasteiger partial charge in [-0.3, -0.25) is 0 Å². The van der Waals surface area contributed by atoms with Crippen molar-refractivity contribution in [2.24, 2.45) is 0 Å². The highest BCUT2D eigenvalue weighted by atomic mass is 32.2. The molecule has 180 valence electrons. The van der Waals surface area contributed by atoms with Crippen molar-refractivity contribution in [2.75, 3.05) is 30.9 Å². The van der Waals surface area contributed by atoms with E-state index in [4.69, 9.17) is 19.3 Å². The highest BCUT2D eigenvalue weighted by Crippen LogP contribution is 2.40. The quantitative estimate of drug-likeness (QED) is 0.255. The molecular formula is C24H34N4O4S. The molecule has 0 bridgehead atoms. The van der Waals surface area contributed by atoms with Gasteiger partial charge in [0, 0.05) is 11.4 Å². The number of benzene rings is 1. The number of thioether (sulfide) groups is 1. The Bertz CT molecular complexity index is 989. The molecule has 0 saturated heterocycles. The van der Waals surface area contributed by atoms with Gasteiger partial charge in [-0.1, -0.05) is 38.1 Å². The second kappa shape index (κ2) is 12.0. The molecule has 1 N–H and O–H groups in total. The van der Waals surface area contributed by atoms with Crippen LogP contribution in [0.5, 0.6) is 11.5 Å². The molecule has 2 heterocycles. The molecule has 1 aromatic carbocycles. The van der Waals surface area contributed by atoms with Gasteiger partial charge in [-0.15, -0.1) is 5.10 Å². The van der Waals surface area contributed by atoms with E-state index in [1.807, 2.05) is 32.0 Å². The Kier molecular flexibility index (Phi) is 9.05. The second-order valence-electron chi connectivity index (χ2n) is 7.64. The topological polar surface area (TPSA) is 87.5 Å². The van der Waals surface area contributed by atoms with Crippen molar-refractivity contribution in [3.05, 3.63) is 35.0 Å². The van der Waals surface area contributed by atoms with Gasteiger partial charge in [0.15, 0.2) is 11.5 Å². The van der Waals surface area contributed by atoms with Crippen LogP contribution in [0, 0.1) is 0 Å². The predicted molar refractivity (Wildman–Crippen MR) is 130 cm³/mol. The van der Waals surface area contributed by atoms with Crippen molar-refractivity contribution in [1.82, 2.24) is 14.8 Å². The summed E-state index contributed by atoms with van der Waals surface area (Å²) in [5.74, 6) is 2.49. The lowest BCUT2D eigenvalue weighted by atomic mass is 9.95. The fraction of sp³-hybridized carbons (Fsp3) is 0.542. The third-order valence-electron chi connectivity index (χ3n) is 5.10. The number of unbranched alkanes of at least 4 members (excludes halogenated alkanes) is 1. The molecule has 1 atom stereocenters. The number of esters is 1. The largest absolute Gasteiger partial charge is 0.490 e. The zero-order valence-corrected chi connectivity index (χ0v) is 21.0. The van der Waals surface area contributed by atoms with E-state index < -0.39 is 6.04 Å². The number of allylic oxidation sites excluding steroid dienone is 1. The molecule has 8 nitrogen and oxygen atoms in total. The van der Waals surface area contributed by atoms with E-state index in [9.17, 15) is 4.79 Å². The standard InChI is InChI=1S/C24H34N4O4S/c1-6-10-13-32-18-12-11-17(15-19(18)30-8-3)21-20(22(29)31-9-4)16(5)25-23-26-24(27-28(21)23)33-14-7-2/h11-12,15,21H,6-10,13-14H2,1-5H3,(H,25,26,27). The first-order valence-electron chi connectivity index (χ1n) is 11.7. The first kappa shape index (κ1) is 25.0. The van der Waals surface area contributed by atoms with Crippen LogP contribution in [0.4, 0.5) is 5.95 Å². The molecule has 1 aliphatic heterocycles. The van der Waals surface area contributed by atoms with Crippen molar-refractivity contribution >= 4 is 23.7 Å². The van der Waals surface area contributed by atoms with Gasteiger partial charge < -0.3 is 19.5 Å². The summed E-state index contributed by atoms with van der Waals surface area (Å²) in [5, 5.41) is 8.63. The van der Waals surface area contributed by atoms with Crippen LogP contribution in [-0.2, 0) is 9.53 Å². The van der Waals surface area contributed by atoms with Crippen LogP contribution in [0.1, 0.15) is 65.5 Å². The van der Waals surface area contributed by atoms with Gasteiger partial charge in [0.2, 0.25) is 11.1 Å². The van der Waals surface area contributed by atoms with Crippen LogP contribution >= 0.6 is 11.8 Å². The minimum absolute atomic E-state index is 0.290. The number of fused-ring (bicyclic) bond motifs is 1. The predicted octanol–water partition coefficient (Wildman–Crippen LogP) is 5.21. The zero-order valence-electron chi connectivity index (χ0n) is 20.1. The maximum Gasteiger partial charge on any atom is 0.338 e. The van der Waals surface area contributed by atoms with Crippen LogP contribution < -0.4 is 14.8 Å². The summed E-state index contributed by atoms with van der Waals surface area (Å²) < 4.78 is 19.0. The van der Waals surface area contributed by atoms with Crippen molar-refractivity contribution in [1.29, 1.82) is 0 Å². The minimum atomic E-state index is -0.493. The molecule has 3 rings (SSSR count). The molecule has 0 spiro atoms. The van der Waals surface area contributed by atoms with E-state index in [0.29, 0.717) is 53.7 Å². The fourth-order valence-corrected chi connectivity index (χ4v) is 4.26. The number of aromatic nitrogens is 3.